The lowest BCUT2D eigenvalue weighted by atomic mass is 9.48. The first-order valence-electron chi connectivity index (χ1n) is 10.1. The summed E-state index contributed by atoms with van der Waals surface area (Å²) >= 11 is 0. The summed E-state index contributed by atoms with van der Waals surface area (Å²) in [5.74, 6) is 2.05. The Morgan fingerprint density at radius 1 is 1.11 bits per heavy atom. The normalized spacial score (nSPS) is 32.1. The Balaban J connectivity index is 1.25. The maximum absolute atomic E-state index is 12.3. The average Bonchev–Trinajstić information content (AvgIpc) is 2.61. The van der Waals surface area contributed by atoms with Crippen LogP contribution in [0, 0.1) is 23.2 Å². The summed E-state index contributed by atoms with van der Waals surface area (Å²) < 4.78 is 5.14. The van der Waals surface area contributed by atoms with Gasteiger partial charge >= 0.3 is 5.97 Å². The molecule has 2 N–H and O–H groups in total. The number of rotatable bonds is 6. The van der Waals surface area contributed by atoms with Crippen LogP contribution in [0.15, 0.2) is 24.3 Å². The standard InChI is InChI=1S/C22H29NO4/c1-14(22-10-16-6-17(11-22)8-18(7-16)12-22)23-20(25)13-27-21(26)9-15-2-4-19(24)5-3-15/h2-5,14,16-18,24H,6-13H2,1H3,(H,23,25)/t14-,16?,17?,18?,22?/m1/s1. The number of esters is 1. The molecule has 0 unspecified atom stereocenters. The quantitative estimate of drug-likeness (QED) is 0.753. The van der Waals surface area contributed by atoms with Crippen molar-refractivity contribution in [2.75, 3.05) is 6.61 Å². The fourth-order valence-corrected chi connectivity index (χ4v) is 6.12. The Morgan fingerprint density at radius 3 is 2.22 bits per heavy atom. The molecular weight excluding hydrogens is 342 g/mol. The number of hydrogen-bond acceptors (Lipinski definition) is 4. The highest BCUT2D eigenvalue weighted by Crippen LogP contribution is 2.61. The van der Waals surface area contributed by atoms with Crippen molar-refractivity contribution < 1.29 is 19.4 Å². The Labute approximate surface area is 160 Å². The molecule has 4 aliphatic rings. The maximum Gasteiger partial charge on any atom is 0.310 e. The third-order valence-electron chi connectivity index (χ3n) is 7.03. The van der Waals surface area contributed by atoms with Crippen molar-refractivity contribution >= 4 is 11.9 Å². The van der Waals surface area contributed by atoms with E-state index in [0.717, 1.165) is 23.3 Å². The van der Waals surface area contributed by atoms with Crippen LogP contribution in [0.25, 0.3) is 0 Å². The van der Waals surface area contributed by atoms with Gasteiger partial charge in [-0.25, -0.2) is 0 Å². The highest BCUT2D eigenvalue weighted by Gasteiger charge is 2.53. The second-order valence-electron chi connectivity index (χ2n) is 9.07. The summed E-state index contributed by atoms with van der Waals surface area (Å²) in [7, 11) is 0. The van der Waals surface area contributed by atoms with E-state index in [1.807, 2.05) is 0 Å². The van der Waals surface area contributed by atoms with Crippen LogP contribution in [0.2, 0.25) is 0 Å². The molecule has 0 radical (unpaired) electrons. The summed E-state index contributed by atoms with van der Waals surface area (Å²) in [6, 6.07) is 6.54. The van der Waals surface area contributed by atoms with Gasteiger partial charge in [0.2, 0.25) is 0 Å². The predicted octanol–water partition coefficient (Wildman–Crippen LogP) is 3.20. The molecule has 1 aromatic carbocycles. The lowest BCUT2D eigenvalue weighted by molar-refractivity contribution is -0.148. The van der Waals surface area contributed by atoms with Crippen molar-refractivity contribution in [2.24, 2.45) is 23.2 Å². The van der Waals surface area contributed by atoms with Gasteiger partial charge in [-0.2, -0.15) is 0 Å². The summed E-state index contributed by atoms with van der Waals surface area (Å²) in [5, 5.41) is 12.4. The largest absolute Gasteiger partial charge is 0.508 e. The number of phenolic OH excluding ortho intramolecular Hbond substituents is 1. The van der Waals surface area contributed by atoms with Gasteiger partial charge in [0, 0.05) is 6.04 Å². The molecule has 1 amide bonds. The fraction of sp³-hybridized carbons (Fsp3) is 0.636. The van der Waals surface area contributed by atoms with Crippen molar-refractivity contribution in [1.29, 1.82) is 0 Å². The zero-order valence-electron chi connectivity index (χ0n) is 15.9. The van der Waals surface area contributed by atoms with E-state index in [9.17, 15) is 14.7 Å². The number of benzene rings is 1. The smallest absolute Gasteiger partial charge is 0.310 e. The summed E-state index contributed by atoms with van der Waals surface area (Å²) in [4.78, 5) is 24.3. The first kappa shape index (κ1) is 18.3. The number of carbonyl (C=O) groups is 2. The molecule has 0 heterocycles. The van der Waals surface area contributed by atoms with Gasteiger partial charge in [0.1, 0.15) is 5.75 Å². The molecule has 0 aromatic heterocycles. The van der Waals surface area contributed by atoms with Crippen molar-refractivity contribution in [3.8, 4) is 5.75 Å². The van der Waals surface area contributed by atoms with Crippen LogP contribution < -0.4 is 5.32 Å². The van der Waals surface area contributed by atoms with E-state index in [2.05, 4.69) is 12.2 Å². The molecule has 4 aliphatic carbocycles. The molecule has 0 saturated heterocycles. The SMILES string of the molecule is C[C@@H](NC(=O)COC(=O)Cc1ccc(O)cc1)C12CC3CC(CC(C3)C1)C2. The van der Waals surface area contributed by atoms with Crippen LogP contribution in [-0.4, -0.2) is 29.6 Å². The number of nitrogens with one attached hydrogen (secondary N) is 1. The number of phenols is 1. The zero-order chi connectivity index (χ0) is 19.0. The molecular formula is C22H29NO4. The van der Waals surface area contributed by atoms with Crippen molar-refractivity contribution in [3.63, 3.8) is 0 Å². The monoisotopic (exact) mass is 371 g/mol. The van der Waals surface area contributed by atoms with Crippen LogP contribution in [-0.2, 0) is 20.7 Å². The molecule has 1 aromatic rings. The minimum Gasteiger partial charge on any atom is -0.508 e. The third-order valence-corrected chi connectivity index (χ3v) is 7.03. The van der Waals surface area contributed by atoms with E-state index >= 15 is 0 Å². The van der Waals surface area contributed by atoms with Gasteiger partial charge in [0.05, 0.1) is 6.42 Å². The molecule has 27 heavy (non-hydrogen) atoms. The number of ether oxygens (including phenoxy) is 1. The number of hydrogen-bond donors (Lipinski definition) is 2. The molecule has 5 heteroatoms. The van der Waals surface area contributed by atoms with Crippen molar-refractivity contribution in [1.82, 2.24) is 5.32 Å². The predicted molar refractivity (Wildman–Crippen MR) is 101 cm³/mol. The second kappa shape index (κ2) is 7.17. The number of aromatic hydroxyl groups is 1. The highest BCUT2D eigenvalue weighted by molar-refractivity contribution is 5.81. The molecule has 5 nitrogen and oxygen atoms in total. The Bertz CT molecular complexity index is 676. The van der Waals surface area contributed by atoms with Crippen molar-refractivity contribution in [2.45, 2.75) is 57.9 Å². The van der Waals surface area contributed by atoms with Crippen LogP contribution in [0.4, 0.5) is 0 Å². The highest BCUT2D eigenvalue weighted by atomic mass is 16.5. The van der Waals surface area contributed by atoms with E-state index in [4.69, 9.17) is 4.74 Å². The Morgan fingerprint density at radius 2 is 1.67 bits per heavy atom. The van der Waals surface area contributed by atoms with Crippen LogP contribution in [0.1, 0.15) is 51.0 Å². The minimum atomic E-state index is -0.432. The van der Waals surface area contributed by atoms with E-state index in [0.29, 0.717) is 0 Å². The summed E-state index contributed by atoms with van der Waals surface area (Å²) in [5.41, 5.74) is 1.00. The molecule has 0 aliphatic heterocycles. The van der Waals surface area contributed by atoms with Gasteiger partial charge < -0.3 is 15.2 Å². The van der Waals surface area contributed by atoms with Gasteiger partial charge in [-0.1, -0.05) is 12.1 Å². The topological polar surface area (TPSA) is 75.6 Å². The number of amides is 1. The van der Waals surface area contributed by atoms with E-state index in [-0.39, 0.29) is 36.1 Å². The first-order valence-corrected chi connectivity index (χ1v) is 10.1. The fourth-order valence-electron chi connectivity index (χ4n) is 6.12. The summed E-state index contributed by atoms with van der Waals surface area (Å²) in [6.45, 7) is 1.90. The van der Waals surface area contributed by atoms with Crippen molar-refractivity contribution in [3.05, 3.63) is 29.8 Å². The maximum atomic E-state index is 12.3. The van der Waals surface area contributed by atoms with Gasteiger partial charge in [0.25, 0.3) is 5.91 Å². The lowest BCUT2D eigenvalue weighted by Crippen LogP contribution is -2.56. The molecule has 4 saturated carbocycles. The van der Waals surface area contributed by atoms with E-state index in [1.165, 1.54) is 50.7 Å². The van der Waals surface area contributed by atoms with Gasteiger partial charge in [0.15, 0.2) is 6.61 Å². The Hall–Kier alpha value is -2.04. The second-order valence-corrected chi connectivity index (χ2v) is 9.07. The van der Waals surface area contributed by atoms with Crippen LogP contribution in [0.3, 0.4) is 0 Å². The molecule has 4 fully saturated rings. The first-order chi connectivity index (χ1) is 12.9. The molecule has 5 rings (SSSR count). The van der Waals surface area contributed by atoms with Gasteiger partial charge in [-0.15, -0.1) is 0 Å². The minimum absolute atomic E-state index is 0.0953. The molecule has 0 spiro atoms. The lowest BCUT2D eigenvalue weighted by Gasteiger charge is -2.59. The molecule has 4 bridgehead atoms. The zero-order valence-corrected chi connectivity index (χ0v) is 15.9. The number of carbonyl (C=O) groups excluding carboxylic acids is 2. The van der Waals surface area contributed by atoms with Crippen LogP contribution >= 0.6 is 0 Å². The average molecular weight is 371 g/mol. The molecule has 146 valence electrons. The third kappa shape index (κ3) is 3.97. The Kier molecular flexibility index (Phi) is 4.87. The van der Waals surface area contributed by atoms with Crippen LogP contribution in [0.5, 0.6) is 5.75 Å². The molecule has 1 atom stereocenters. The van der Waals surface area contributed by atoms with E-state index < -0.39 is 5.97 Å². The summed E-state index contributed by atoms with van der Waals surface area (Å²) in [6.07, 6.45) is 7.96. The van der Waals surface area contributed by atoms with Gasteiger partial charge in [-0.05, 0) is 86.3 Å². The van der Waals surface area contributed by atoms with Gasteiger partial charge in [-0.3, -0.25) is 9.59 Å². The van der Waals surface area contributed by atoms with E-state index in [1.54, 1.807) is 12.1 Å².